The highest BCUT2D eigenvalue weighted by Crippen LogP contribution is 2.35. The molecule has 4 heteroatoms. The van der Waals surface area contributed by atoms with Crippen LogP contribution in [0, 0.1) is 0 Å². The van der Waals surface area contributed by atoms with Gasteiger partial charge < -0.3 is 15.2 Å². The maximum Gasteiger partial charge on any atom is 0.120 e. The predicted molar refractivity (Wildman–Crippen MR) is 58.2 cm³/mol. The van der Waals surface area contributed by atoms with Crippen LogP contribution in [0.3, 0.4) is 0 Å². The average molecular weight is 211 g/mol. The number of aliphatic hydroxyl groups excluding tert-OH is 1. The first-order chi connectivity index (χ1) is 6.83. The number of benzene rings is 1. The van der Waals surface area contributed by atoms with Gasteiger partial charge in [0.25, 0.3) is 0 Å². The lowest BCUT2D eigenvalue weighted by atomic mass is 10.2. The van der Waals surface area contributed by atoms with Gasteiger partial charge in [-0.05, 0) is 18.2 Å². The first-order valence-electron chi connectivity index (χ1n) is 4.51. The Hall–Kier alpha value is -0.870. The van der Waals surface area contributed by atoms with Crippen molar-refractivity contribution in [2.45, 2.75) is 10.9 Å². The van der Waals surface area contributed by atoms with Gasteiger partial charge in [0.05, 0.1) is 19.8 Å². The summed E-state index contributed by atoms with van der Waals surface area (Å²) in [6, 6.07) is 6.09. The van der Waals surface area contributed by atoms with Crippen molar-refractivity contribution in [3.05, 3.63) is 18.2 Å². The minimum absolute atomic E-state index is 0.167. The van der Waals surface area contributed by atoms with Gasteiger partial charge in [0.2, 0.25) is 0 Å². The predicted octanol–water partition coefficient (Wildman–Crippen LogP) is 1.57. The highest BCUT2D eigenvalue weighted by molar-refractivity contribution is 7.99. The summed E-state index contributed by atoms with van der Waals surface area (Å²) in [5.74, 6) is 1.77. The fourth-order valence-electron chi connectivity index (χ4n) is 1.42. The van der Waals surface area contributed by atoms with Crippen molar-refractivity contribution in [2.75, 3.05) is 24.8 Å². The quantitative estimate of drug-likeness (QED) is 0.779. The molecule has 1 heterocycles. The summed E-state index contributed by atoms with van der Waals surface area (Å²) < 4.78 is 5.14. The van der Waals surface area contributed by atoms with E-state index in [-0.39, 0.29) is 12.6 Å². The first-order valence-corrected chi connectivity index (χ1v) is 5.50. The minimum atomic E-state index is 0.167. The van der Waals surface area contributed by atoms with E-state index in [2.05, 4.69) is 5.32 Å². The van der Waals surface area contributed by atoms with E-state index in [4.69, 9.17) is 9.84 Å². The smallest absolute Gasteiger partial charge is 0.120 e. The van der Waals surface area contributed by atoms with E-state index in [0.717, 1.165) is 17.2 Å². The molecule has 0 spiro atoms. The van der Waals surface area contributed by atoms with Crippen molar-refractivity contribution in [3.8, 4) is 5.75 Å². The van der Waals surface area contributed by atoms with Gasteiger partial charge in [-0.25, -0.2) is 0 Å². The zero-order valence-electron chi connectivity index (χ0n) is 7.99. The lowest BCUT2D eigenvalue weighted by Crippen LogP contribution is -2.29. The van der Waals surface area contributed by atoms with Crippen LogP contribution in [-0.2, 0) is 0 Å². The third-order valence-electron chi connectivity index (χ3n) is 2.21. The van der Waals surface area contributed by atoms with Gasteiger partial charge in [-0.15, -0.1) is 11.8 Å². The molecule has 1 unspecified atom stereocenters. The van der Waals surface area contributed by atoms with Crippen LogP contribution in [0.2, 0.25) is 0 Å². The van der Waals surface area contributed by atoms with Gasteiger partial charge in [0, 0.05) is 16.3 Å². The van der Waals surface area contributed by atoms with Crippen molar-refractivity contribution in [1.29, 1.82) is 0 Å². The molecule has 1 aromatic rings. The lowest BCUT2D eigenvalue weighted by molar-refractivity contribution is 0.282. The Morgan fingerprint density at radius 1 is 1.64 bits per heavy atom. The van der Waals surface area contributed by atoms with Crippen molar-refractivity contribution in [2.24, 2.45) is 0 Å². The third kappa shape index (κ3) is 1.81. The van der Waals surface area contributed by atoms with E-state index < -0.39 is 0 Å². The fraction of sp³-hybridized carbons (Fsp3) is 0.400. The number of hydrogen-bond donors (Lipinski definition) is 2. The Labute approximate surface area is 87.5 Å². The third-order valence-corrected chi connectivity index (χ3v) is 3.43. The normalized spacial score (nSPS) is 19.7. The summed E-state index contributed by atoms with van der Waals surface area (Å²) in [6.45, 7) is 0.179. The number of anilines is 1. The van der Waals surface area contributed by atoms with Crippen molar-refractivity contribution in [3.63, 3.8) is 0 Å². The Bertz CT molecular complexity index is 330. The molecular formula is C10H13NO2S. The minimum Gasteiger partial charge on any atom is -0.497 e. The van der Waals surface area contributed by atoms with Crippen LogP contribution in [0.1, 0.15) is 0 Å². The number of hydrogen-bond acceptors (Lipinski definition) is 4. The molecule has 0 bridgehead atoms. The van der Waals surface area contributed by atoms with Crippen LogP contribution >= 0.6 is 11.8 Å². The molecule has 1 aliphatic rings. The molecule has 14 heavy (non-hydrogen) atoms. The number of nitrogens with one attached hydrogen (secondary N) is 1. The maximum absolute atomic E-state index is 9.02. The zero-order chi connectivity index (χ0) is 9.97. The van der Waals surface area contributed by atoms with E-state index in [9.17, 15) is 0 Å². The molecule has 2 rings (SSSR count). The Morgan fingerprint density at radius 2 is 2.50 bits per heavy atom. The van der Waals surface area contributed by atoms with E-state index in [0.29, 0.717) is 0 Å². The second kappa shape index (κ2) is 4.11. The van der Waals surface area contributed by atoms with Crippen molar-refractivity contribution < 1.29 is 9.84 Å². The Balaban J connectivity index is 2.23. The van der Waals surface area contributed by atoms with Gasteiger partial charge in [-0.1, -0.05) is 0 Å². The number of aliphatic hydroxyl groups is 1. The molecule has 2 N–H and O–H groups in total. The molecule has 3 nitrogen and oxygen atoms in total. The van der Waals surface area contributed by atoms with Gasteiger partial charge >= 0.3 is 0 Å². The molecule has 0 radical (unpaired) electrons. The molecule has 76 valence electrons. The van der Waals surface area contributed by atoms with Crippen LogP contribution in [0.15, 0.2) is 23.1 Å². The fourth-order valence-corrected chi connectivity index (χ4v) is 2.47. The molecule has 0 saturated heterocycles. The largest absolute Gasteiger partial charge is 0.497 e. The molecular weight excluding hydrogens is 198 g/mol. The number of thioether (sulfide) groups is 1. The summed E-state index contributed by atoms with van der Waals surface area (Å²) in [7, 11) is 1.67. The highest BCUT2D eigenvalue weighted by atomic mass is 32.2. The summed E-state index contributed by atoms with van der Waals surface area (Å²) in [4.78, 5) is 1.19. The summed E-state index contributed by atoms with van der Waals surface area (Å²) in [5, 5.41) is 12.3. The molecule has 0 saturated carbocycles. The highest BCUT2D eigenvalue weighted by Gasteiger charge is 2.17. The standard InChI is InChI=1S/C10H13NO2S/c1-13-8-2-3-9-10(4-8)14-6-7(5-12)11-9/h2-4,7,11-12H,5-6H2,1H3. The molecule has 1 aliphatic heterocycles. The van der Waals surface area contributed by atoms with Crippen LogP contribution in [0.4, 0.5) is 5.69 Å². The van der Waals surface area contributed by atoms with E-state index in [1.165, 1.54) is 4.90 Å². The van der Waals surface area contributed by atoms with Crippen LogP contribution in [-0.4, -0.2) is 30.6 Å². The van der Waals surface area contributed by atoms with E-state index in [1.54, 1.807) is 18.9 Å². The van der Waals surface area contributed by atoms with Gasteiger partial charge in [-0.2, -0.15) is 0 Å². The summed E-state index contributed by atoms with van der Waals surface area (Å²) >= 11 is 1.75. The molecule has 1 atom stereocenters. The number of ether oxygens (including phenoxy) is 1. The summed E-state index contributed by atoms with van der Waals surface area (Å²) in [5.41, 5.74) is 1.08. The van der Waals surface area contributed by atoms with Gasteiger partial charge in [0.15, 0.2) is 0 Å². The summed E-state index contributed by atoms with van der Waals surface area (Å²) in [6.07, 6.45) is 0. The average Bonchev–Trinajstić information content (AvgIpc) is 2.27. The number of rotatable bonds is 2. The lowest BCUT2D eigenvalue weighted by Gasteiger charge is -2.25. The number of fused-ring (bicyclic) bond motifs is 1. The SMILES string of the molecule is COc1ccc2c(c1)SCC(CO)N2. The second-order valence-corrected chi connectivity index (χ2v) is 4.26. The first kappa shape index (κ1) is 9.68. The van der Waals surface area contributed by atoms with Crippen molar-refractivity contribution in [1.82, 2.24) is 0 Å². The maximum atomic E-state index is 9.02. The van der Waals surface area contributed by atoms with E-state index >= 15 is 0 Å². The van der Waals surface area contributed by atoms with Crippen LogP contribution < -0.4 is 10.1 Å². The molecule has 1 aromatic carbocycles. The second-order valence-electron chi connectivity index (χ2n) is 3.20. The Kier molecular flexibility index (Phi) is 2.84. The van der Waals surface area contributed by atoms with Gasteiger partial charge in [0.1, 0.15) is 5.75 Å². The van der Waals surface area contributed by atoms with Crippen LogP contribution in [0.25, 0.3) is 0 Å². The van der Waals surface area contributed by atoms with Crippen molar-refractivity contribution >= 4 is 17.4 Å². The van der Waals surface area contributed by atoms with E-state index in [1.807, 2.05) is 18.2 Å². The number of methoxy groups -OCH3 is 1. The molecule has 0 aromatic heterocycles. The Morgan fingerprint density at radius 3 is 3.21 bits per heavy atom. The van der Waals surface area contributed by atoms with Crippen LogP contribution in [0.5, 0.6) is 5.75 Å². The molecule has 0 fully saturated rings. The molecule has 0 aliphatic carbocycles. The molecule has 0 amide bonds. The van der Waals surface area contributed by atoms with Gasteiger partial charge in [-0.3, -0.25) is 0 Å². The topological polar surface area (TPSA) is 41.5 Å². The zero-order valence-corrected chi connectivity index (χ0v) is 8.80. The monoisotopic (exact) mass is 211 g/mol.